The number of hydrogen-bond donors (Lipinski definition) is 6. The summed E-state index contributed by atoms with van der Waals surface area (Å²) in [4.78, 5) is 38.5. The topological polar surface area (TPSA) is 164 Å². The normalized spacial score (nSPS) is 21.9. The molecule has 0 saturated carbocycles. The van der Waals surface area contributed by atoms with Gasteiger partial charge in [0.1, 0.15) is 17.1 Å². The molecule has 0 aliphatic heterocycles. The number of fused-ring (bicyclic) bond motifs is 3. The van der Waals surface area contributed by atoms with E-state index in [0.29, 0.717) is 0 Å². The lowest BCUT2D eigenvalue weighted by Crippen LogP contribution is -2.44. The highest BCUT2D eigenvalue weighted by atomic mass is 16.3. The molecule has 0 bridgehead atoms. The Morgan fingerprint density at radius 1 is 1.13 bits per heavy atom. The number of phenolic OH excluding ortho intramolecular Hbond substituents is 2. The van der Waals surface area contributed by atoms with Crippen LogP contribution in [0.5, 0.6) is 11.5 Å². The Morgan fingerprint density at radius 2 is 1.81 bits per heavy atom. The summed E-state index contributed by atoms with van der Waals surface area (Å²) in [5.41, 5.74) is -2.95. The van der Waals surface area contributed by atoms with E-state index in [4.69, 9.17) is 5.11 Å². The van der Waals surface area contributed by atoms with Crippen molar-refractivity contribution in [1.29, 1.82) is 0 Å². The molecule has 9 nitrogen and oxygen atoms in total. The molecule has 2 aliphatic rings. The number of carbonyl (C=O) groups is 3. The summed E-state index contributed by atoms with van der Waals surface area (Å²) in [6.45, 7) is 1.04. The molecule has 2 aliphatic carbocycles. The molecular formula is C22H21NO8. The number of aliphatic hydroxyl groups is 3. The van der Waals surface area contributed by atoms with Gasteiger partial charge in [-0.1, -0.05) is 12.1 Å². The molecule has 0 aromatic heterocycles. The van der Waals surface area contributed by atoms with Crippen molar-refractivity contribution in [2.45, 2.75) is 31.5 Å². The lowest BCUT2D eigenvalue weighted by atomic mass is 9.72. The number of anilines is 1. The van der Waals surface area contributed by atoms with Crippen LogP contribution in [0.25, 0.3) is 0 Å². The molecule has 2 unspecified atom stereocenters. The van der Waals surface area contributed by atoms with Crippen molar-refractivity contribution in [2.75, 3.05) is 18.5 Å². The Labute approximate surface area is 176 Å². The maximum absolute atomic E-state index is 13.3. The molecule has 4 rings (SSSR count). The molecule has 0 saturated heterocycles. The van der Waals surface area contributed by atoms with Crippen molar-refractivity contribution < 1.29 is 39.9 Å². The van der Waals surface area contributed by atoms with Crippen LogP contribution in [0.1, 0.15) is 62.4 Å². The molecule has 0 fully saturated rings. The Kier molecular flexibility index (Phi) is 4.84. The number of aromatic hydroxyl groups is 2. The van der Waals surface area contributed by atoms with Crippen molar-refractivity contribution in [3.8, 4) is 11.5 Å². The first kappa shape index (κ1) is 21.0. The lowest BCUT2D eigenvalue weighted by molar-refractivity contribution is -0.139. The summed E-state index contributed by atoms with van der Waals surface area (Å²) < 4.78 is 0. The van der Waals surface area contributed by atoms with Gasteiger partial charge in [-0.3, -0.25) is 14.4 Å². The summed E-state index contributed by atoms with van der Waals surface area (Å²) in [5, 5.41) is 54.9. The molecular weight excluding hydrogens is 406 g/mol. The number of carbonyl (C=O) groups excluding carboxylic acids is 3. The van der Waals surface area contributed by atoms with Crippen LogP contribution in [0.4, 0.5) is 5.69 Å². The summed E-state index contributed by atoms with van der Waals surface area (Å²) in [7, 11) is 0. The number of nitrogens with one attached hydrogen (secondary N) is 1. The van der Waals surface area contributed by atoms with Crippen molar-refractivity contribution in [1.82, 2.24) is 0 Å². The van der Waals surface area contributed by atoms with Crippen LogP contribution >= 0.6 is 0 Å². The van der Waals surface area contributed by atoms with E-state index in [0.717, 1.165) is 6.92 Å². The van der Waals surface area contributed by atoms with Gasteiger partial charge in [0.25, 0.3) is 0 Å². The molecule has 0 radical (unpaired) electrons. The first-order valence-electron chi connectivity index (χ1n) is 9.71. The summed E-state index contributed by atoms with van der Waals surface area (Å²) in [6.07, 6.45) is -2.39. The highest BCUT2D eigenvalue weighted by Crippen LogP contribution is 2.50. The van der Waals surface area contributed by atoms with Crippen LogP contribution in [0.2, 0.25) is 0 Å². The summed E-state index contributed by atoms with van der Waals surface area (Å²) in [5.74, 6) is -3.41. The maximum atomic E-state index is 13.3. The first-order valence-corrected chi connectivity index (χ1v) is 9.71. The zero-order valence-electron chi connectivity index (χ0n) is 16.6. The van der Waals surface area contributed by atoms with Gasteiger partial charge in [0.15, 0.2) is 17.3 Å². The third-order valence-corrected chi connectivity index (χ3v) is 6.00. The van der Waals surface area contributed by atoms with E-state index in [1.807, 2.05) is 0 Å². The van der Waals surface area contributed by atoms with Gasteiger partial charge in [0.05, 0.1) is 29.4 Å². The fourth-order valence-corrected chi connectivity index (χ4v) is 4.41. The molecule has 0 spiro atoms. The van der Waals surface area contributed by atoms with Gasteiger partial charge in [-0.25, -0.2) is 0 Å². The van der Waals surface area contributed by atoms with E-state index in [2.05, 4.69) is 5.32 Å². The first-order chi connectivity index (χ1) is 14.6. The van der Waals surface area contributed by atoms with E-state index in [-0.39, 0.29) is 41.1 Å². The summed E-state index contributed by atoms with van der Waals surface area (Å²) >= 11 is 0. The number of aliphatic hydroxyl groups excluding tert-OH is 2. The fourth-order valence-electron chi connectivity index (χ4n) is 4.41. The van der Waals surface area contributed by atoms with E-state index >= 15 is 0 Å². The predicted octanol–water partition coefficient (Wildman–Crippen LogP) is 0.577. The number of phenols is 2. The second kappa shape index (κ2) is 7.16. The van der Waals surface area contributed by atoms with Crippen LogP contribution in [0, 0.1) is 0 Å². The molecule has 2 aromatic carbocycles. The number of rotatable bonds is 4. The standard InChI is InChI=1S/C22H21NO8/c1-9(25)22(31)7-11-15(13(26)8-22)21(30)17-16(19(11)28)18(27)10-3-2-4-12(23-5-6-24)14(10)20(17)29/h2-4,13,23-24,26,28,30-31H,5-8H2,1H3. The van der Waals surface area contributed by atoms with Crippen molar-refractivity contribution in [3.05, 3.63) is 51.6 Å². The Morgan fingerprint density at radius 3 is 2.45 bits per heavy atom. The van der Waals surface area contributed by atoms with Crippen LogP contribution in [-0.2, 0) is 11.2 Å². The van der Waals surface area contributed by atoms with Gasteiger partial charge in [-0.05, 0) is 13.0 Å². The van der Waals surface area contributed by atoms with E-state index < -0.39 is 64.5 Å². The van der Waals surface area contributed by atoms with Gasteiger partial charge in [-0.2, -0.15) is 0 Å². The molecule has 9 heteroatoms. The molecule has 2 atom stereocenters. The smallest absolute Gasteiger partial charge is 0.200 e. The lowest BCUT2D eigenvalue weighted by Gasteiger charge is -2.36. The van der Waals surface area contributed by atoms with E-state index in [1.54, 1.807) is 6.07 Å². The highest BCUT2D eigenvalue weighted by Gasteiger charge is 2.47. The second-order valence-corrected chi connectivity index (χ2v) is 7.86. The zero-order chi connectivity index (χ0) is 22.7. The highest BCUT2D eigenvalue weighted by molar-refractivity contribution is 6.32. The molecule has 162 valence electrons. The monoisotopic (exact) mass is 427 g/mol. The quantitative estimate of drug-likeness (QED) is 0.327. The van der Waals surface area contributed by atoms with Gasteiger partial charge in [0.2, 0.25) is 0 Å². The predicted molar refractivity (Wildman–Crippen MR) is 108 cm³/mol. The number of ketones is 3. The fraction of sp³-hybridized carbons (Fsp3) is 0.318. The number of benzene rings is 2. The largest absolute Gasteiger partial charge is 0.507 e. The average molecular weight is 427 g/mol. The third kappa shape index (κ3) is 2.93. The van der Waals surface area contributed by atoms with Gasteiger partial charge in [-0.15, -0.1) is 0 Å². The van der Waals surface area contributed by atoms with Crippen LogP contribution in [0.3, 0.4) is 0 Å². The molecule has 31 heavy (non-hydrogen) atoms. The van der Waals surface area contributed by atoms with Crippen LogP contribution < -0.4 is 5.32 Å². The molecule has 0 heterocycles. The third-order valence-electron chi connectivity index (χ3n) is 6.00. The maximum Gasteiger partial charge on any atom is 0.200 e. The van der Waals surface area contributed by atoms with E-state index in [1.165, 1.54) is 12.1 Å². The van der Waals surface area contributed by atoms with Crippen LogP contribution in [-0.4, -0.2) is 61.6 Å². The Balaban J connectivity index is 1.97. The molecule has 2 aromatic rings. The number of Topliss-reactive ketones (excluding diaryl/α,β-unsaturated/α-hetero) is 1. The van der Waals surface area contributed by atoms with E-state index in [9.17, 15) is 34.8 Å². The summed E-state index contributed by atoms with van der Waals surface area (Å²) in [6, 6.07) is 4.48. The van der Waals surface area contributed by atoms with Crippen molar-refractivity contribution in [2.24, 2.45) is 0 Å². The number of hydrogen-bond acceptors (Lipinski definition) is 9. The zero-order valence-corrected chi connectivity index (χ0v) is 16.6. The molecule has 6 N–H and O–H groups in total. The van der Waals surface area contributed by atoms with Gasteiger partial charge in [0, 0.05) is 41.8 Å². The Hall–Kier alpha value is -3.27. The Bertz CT molecular complexity index is 1150. The van der Waals surface area contributed by atoms with Gasteiger partial charge >= 0.3 is 0 Å². The van der Waals surface area contributed by atoms with Crippen molar-refractivity contribution in [3.63, 3.8) is 0 Å². The van der Waals surface area contributed by atoms with Crippen molar-refractivity contribution >= 4 is 23.0 Å². The molecule has 0 amide bonds. The second-order valence-electron chi connectivity index (χ2n) is 7.86. The minimum atomic E-state index is -1.98. The SMILES string of the molecule is CC(=O)C1(O)Cc2c(O)c3c(c(O)c2C(O)C1)C(=O)c1c(NCCO)cccc1C3=O. The van der Waals surface area contributed by atoms with Gasteiger partial charge < -0.3 is 30.8 Å². The average Bonchev–Trinajstić information content (AvgIpc) is 2.72. The minimum Gasteiger partial charge on any atom is -0.507 e. The minimum absolute atomic E-state index is 0.00622. The van der Waals surface area contributed by atoms with Crippen LogP contribution in [0.15, 0.2) is 18.2 Å².